The predicted molar refractivity (Wildman–Crippen MR) is 152 cm³/mol. The van der Waals surface area contributed by atoms with Gasteiger partial charge >= 0.3 is 5.97 Å². The minimum absolute atomic E-state index is 0.0910. The van der Waals surface area contributed by atoms with Crippen molar-refractivity contribution in [3.63, 3.8) is 0 Å². The molecule has 0 aromatic carbocycles. The third-order valence-electron chi connectivity index (χ3n) is 6.33. The van der Waals surface area contributed by atoms with Crippen LogP contribution in [-0.2, 0) is 16.1 Å². The first-order valence-electron chi connectivity index (χ1n) is 12.4. The van der Waals surface area contributed by atoms with Crippen LogP contribution in [0.25, 0.3) is 16.8 Å². The van der Waals surface area contributed by atoms with Crippen LogP contribution in [0.4, 0.5) is 10.2 Å². The van der Waals surface area contributed by atoms with Crippen LogP contribution < -0.4 is 5.73 Å². The standard InChI is InChI=1S/C25H28BrFN6O2.C2H5N/c1-3-11-29-13-18-10-9-17(12-30-18)19-14-31-33-23(28)20(26)22(32-24(19)33)16-7-5-15(6-8-16)21(27)25(34)35-4-2;1-3-2/h3,9-12,14-16,21H,1,4-8,13,28H2,2H3;1H2,2H3. The molecule has 3 aromatic heterocycles. The van der Waals surface area contributed by atoms with E-state index in [0.717, 1.165) is 22.5 Å². The van der Waals surface area contributed by atoms with Crippen LogP contribution in [0.3, 0.4) is 0 Å². The number of carbonyl (C=O) groups excluding carboxylic acids is 1. The molecule has 0 bridgehead atoms. The van der Waals surface area contributed by atoms with E-state index in [0.29, 0.717) is 48.2 Å². The second kappa shape index (κ2) is 13.9. The summed E-state index contributed by atoms with van der Waals surface area (Å²) < 4.78 is 21.7. The van der Waals surface area contributed by atoms with Crippen molar-refractivity contribution in [1.29, 1.82) is 0 Å². The number of esters is 1. The molecule has 1 unspecified atom stereocenters. The zero-order valence-electron chi connectivity index (χ0n) is 21.7. The summed E-state index contributed by atoms with van der Waals surface area (Å²) in [6.07, 6.45) is 7.76. The van der Waals surface area contributed by atoms with Crippen LogP contribution in [0.2, 0.25) is 0 Å². The quantitative estimate of drug-likeness (QED) is 0.279. The van der Waals surface area contributed by atoms with E-state index in [1.165, 1.54) is 0 Å². The molecule has 0 amide bonds. The molecular weight excluding hydrogens is 553 g/mol. The first kappa shape index (κ1) is 29.1. The summed E-state index contributed by atoms with van der Waals surface area (Å²) in [4.78, 5) is 28.7. The van der Waals surface area contributed by atoms with E-state index in [4.69, 9.17) is 15.5 Å². The SMILES string of the molecule is C=CC=NCc1ccc(-c2cnn3c(N)c(Br)c(C4CCC(C(F)C(=O)OCC)CC4)nc23)cn1.C=NC. The monoisotopic (exact) mass is 585 g/mol. The normalized spacial score (nSPS) is 18.0. The van der Waals surface area contributed by atoms with E-state index in [9.17, 15) is 9.18 Å². The Morgan fingerprint density at radius 3 is 2.66 bits per heavy atom. The third kappa shape index (κ3) is 6.69. The molecule has 0 saturated heterocycles. The molecule has 1 aliphatic rings. The summed E-state index contributed by atoms with van der Waals surface area (Å²) >= 11 is 3.60. The van der Waals surface area contributed by atoms with Crippen molar-refractivity contribution in [1.82, 2.24) is 19.6 Å². The number of hydrogen-bond acceptors (Lipinski definition) is 8. The van der Waals surface area contributed by atoms with Crippen molar-refractivity contribution in [2.45, 2.75) is 51.2 Å². The Bertz CT molecular complexity index is 1280. The van der Waals surface area contributed by atoms with Gasteiger partial charge in [-0.15, -0.1) is 0 Å². The summed E-state index contributed by atoms with van der Waals surface area (Å²) in [5, 5.41) is 4.43. The highest BCUT2D eigenvalue weighted by Gasteiger charge is 2.35. The van der Waals surface area contributed by atoms with E-state index in [1.807, 2.05) is 12.1 Å². The van der Waals surface area contributed by atoms with Gasteiger partial charge in [0.2, 0.25) is 0 Å². The largest absolute Gasteiger partial charge is 0.464 e. The number of aliphatic imine (C=N–C) groups is 2. The number of ether oxygens (including phenoxy) is 1. The number of nitrogens with two attached hydrogens (primary N) is 1. The van der Waals surface area contributed by atoms with Crippen molar-refractivity contribution in [2.24, 2.45) is 15.9 Å². The Hall–Kier alpha value is -3.47. The van der Waals surface area contributed by atoms with Crippen molar-refractivity contribution >= 4 is 46.3 Å². The van der Waals surface area contributed by atoms with E-state index in [1.54, 1.807) is 43.2 Å². The first-order valence-corrected chi connectivity index (χ1v) is 13.2. The molecule has 38 heavy (non-hydrogen) atoms. The molecule has 11 heteroatoms. The molecule has 0 radical (unpaired) electrons. The van der Waals surface area contributed by atoms with Crippen LogP contribution in [0.1, 0.15) is 49.9 Å². The number of allylic oxidation sites excluding steroid dienone is 1. The van der Waals surface area contributed by atoms with Gasteiger partial charge in [0.25, 0.3) is 0 Å². The summed E-state index contributed by atoms with van der Waals surface area (Å²) in [6, 6.07) is 3.88. The summed E-state index contributed by atoms with van der Waals surface area (Å²) in [6.45, 7) is 9.06. The lowest BCUT2D eigenvalue weighted by Crippen LogP contribution is -2.30. The Balaban J connectivity index is 0.00000127. The lowest BCUT2D eigenvalue weighted by molar-refractivity contribution is -0.151. The predicted octanol–water partition coefficient (Wildman–Crippen LogP) is 5.38. The molecule has 3 aromatic rings. The van der Waals surface area contributed by atoms with Gasteiger partial charge in [0, 0.05) is 42.4 Å². The summed E-state index contributed by atoms with van der Waals surface area (Å²) in [5.74, 6) is -0.557. The van der Waals surface area contributed by atoms with Gasteiger partial charge in [-0.2, -0.15) is 9.61 Å². The highest BCUT2D eigenvalue weighted by atomic mass is 79.9. The van der Waals surface area contributed by atoms with Crippen LogP contribution in [0, 0.1) is 5.92 Å². The fourth-order valence-electron chi connectivity index (χ4n) is 4.49. The zero-order valence-corrected chi connectivity index (χ0v) is 23.3. The number of nitrogens with zero attached hydrogens (tertiary/aromatic N) is 6. The fourth-order valence-corrected chi connectivity index (χ4v) is 5.07. The van der Waals surface area contributed by atoms with Crippen molar-refractivity contribution < 1.29 is 13.9 Å². The van der Waals surface area contributed by atoms with Gasteiger partial charge < -0.3 is 15.5 Å². The molecule has 2 N–H and O–H groups in total. The maximum atomic E-state index is 14.5. The molecule has 0 spiro atoms. The number of aromatic nitrogens is 4. The number of hydrogen-bond donors (Lipinski definition) is 1. The molecule has 4 rings (SSSR count). The van der Waals surface area contributed by atoms with Crippen molar-refractivity contribution in [2.75, 3.05) is 19.4 Å². The van der Waals surface area contributed by atoms with E-state index >= 15 is 0 Å². The molecule has 1 saturated carbocycles. The van der Waals surface area contributed by atoms with Crippen LogP contribution in [-0.4, -0.2) is 58.3 Å². The minimum Gasteiger partial charge on any atom is -0.464 e. The molecule has 1 fully saturated rings. The molecule has 1 atom stereocenters. The van der Waals surface area contributed by atoms with Gasteiger partial charge in [-0.05, 0) is 61.3 Å². The number of pyridine rings is 1. The Kier molecular flexibility index (Phi) is 10.6. The zero-order chi connectivity index (χ0) is 27.7. The lowest BCUT2D eigenvalue weighted by atomic mass is 9.78. The smallest absolute Gasteiger partial charge is 0.341 e. The molecular formula is C27H33BrFN7O2. The molecule has 3 heterocycles. The Labute approximate surface area is 230 Å². The number of alkyl halides is 1. The van der Waals surface area contributed by atoms with Gasteiger partial charge in [0.15, 0.2) is 11.8 Å². The fraction of sp³-hybridized carbons (Fsp3) is 0.407. The average molecular weight is 587 g/mol. The highest BCUT2D eigenvalue weighted by molar-refractivity contribution is 9.10. The lowest BCUT2D eigenvalue weighted by Gasteiger charge is -2.30. The average Bonchev–Trinajstić information content (AvgIpc) is 3.36. The Morgan fingerprint density at radius 2 is 2.05 bits per heavy atom. The molecule has 202 valence electrons. The van der Waals surface area contributed by atoms with Crippen LogP contribution in [0.15, 0.2) is 51.6 Å². The van der Waals surface area contributed by atoms with E-state index in [-0.39, 0.29) is 18.4 Å². The third-order valence-corrected chi connectivity index (χ3v) is 7.14. The number of anilines is 1. The number of fused-ring (bicyclic) bond motifs is 1. The van der Waals surface area contributed by atoms with Gasteiger partial charge in [0.1, 0.15) is 5.82 Å². The van der Waals surface area contributed by atoms with Gasteiger partial charge in [-0.1, -0.05) is 18.7 Å². The molecule has 9 nitrogen and oxygen atoms in total. The minimum atomic E-state index is -1.58. The maximum absolute atomic E-state index is 14.5. The second-order valence-electron chi connectivity index (χ2n) is 8.84. The van der Waals surface area contributed by atoms with Crippen LogP contribution in [0.5, 0.6) is 0 Å². The first-order chi connectivity index (χ1) is 18.4. The number of halogens is 2. The summed E-state index contributed by atoms with van der Waals surface area (Å²) in [7, 11) is 1.64. The van der Waals surface area contributed by atoms with Gasteiger partial charge in [-0.3, -0.25) is 9.98 Å². The molecule has 1 aliphatic carbocycles. The van der Waals surface area contributed by atoms with Crippen molar-refractivity contribution in [3.8, 4) is 11.1 Å². The van der Waals surface area contributed by atoms with E-state index < -0.39 is 12.1 Å². The number of nitrogen functional groups attached to an aromatic ring is 1. The Morgan fingerprint density at radius 1 is 1.34 bits per heavy atom. The summed E-state index contributed by atoms with van der Waals surface area (Å²) in [5.41, 5.74) is 10.4. The van der Waals surface area contributed by atoms with Crippen molar-refractivity contribution in [3.05, 3.63) is 53.0 Å². The highest BCUT2D eigenvalue weighted by Crippen LogP contribution is 2.42. The van der Waals surface area contributed by atoms with Gasteiger partial charge in [-0.25, -0.2) is 14.2 Å². The topological polar surface area (TPSA) is 120 Å². The number of rotatable bonds is 8. The molecule has 0 aliphatic heterocycles. The number of carbonyl (C=O) groups is 1. The second-order valence-corrected chi connectivity index (χ2v) is 9.63. The van der Waals surface area contributed by atoms with Crippen LogP contribution >= 0.6 is 15.9 Å². The maximum Gasteiger partial charge on any atom is 0.341 e. The van der Waals surface area contributed by atoms with E-state index in [2.05, 4.69) is 49.3 Å². The van der Waals surface area contributed by atoms with Gasteiger partial charge in [0.05, 0.1) is 35.2 Å².